The number of nitrogens with zero attached hydrogens (tertiary/aromatic N) is 1. The third-order valence-corrected chi connectivity index (χ3v) is 2.82. The number of amides is 1. The first-order valence-corrected chi connectivity index (χ1v) is 6.29. The van der Waals surface area contributed by atoms with Crippen molar-refractivity contribution in [2.45, 2.75) is 52.2 Å². The molecule has 0 aromatic rings. The number of unbranched alkanes of at least 4 members (excludes halogenated alkanes) is 1. The second kappa shape index (κ2) is 6.86. The molecular formula is C12H24N2O2. The van der Waals surface area contributed by atoms with Gasteiger partial charge in [-0.3, -0.25) is 10.1 Å². The number of nitrogens with one attached hydrogen (secondary N) is 1. The lowest BCUT2D eigenvalue weighted by Crippen LogP contribution is -2.30. The maximum absolute atomic E-state index is 11.7. The SMILES string of the molecule is CCC1NCN(CCCCOC(C)C)C1=O. The second-order valence-corrected chi connectivity index (χ2v) is 4.55. The number of hydrogen-bond acceptors (Lipinski definition) is 3. The van der Waals surface area contributed by atoms with Crippen molar-refractivity contribution in [2.24, 2.45) is 0 Å². The molecule has 0 spiro atoms. The molecule has 94 valence electrons. The van der Waals surface area contributed by atoms with Crippen molar-refractivity contribution < 1.29 is 9.53 Å². The van der Waals surface area contributed by atoms with Crippen molar-refractivity contribution in [3.63, 3.8) is 0 Å². The zero-order chi connectivity index (χ0) is 12.0. The van der Waals surface area contributed by atoms with Gasteiger partial charge in [-0.2, -0.15) is 0 Å². The third kappa shape index (κ3) is 4.10. The number of hydrogen-bond donors (Lipinski definition) is 1. The number of carbonyl (C=O) groups is 1. The molecular weight excluding hydrogens is 204 g/mol. The molecule has 1 N–H and O–H groups in total. The molecule has 4 nitrogen and oxygen atoms in total. The fourth-order valence-electron chi connectivity index (χ4n) is 1.84. The molecule has 1 fully saturated rings. The van der Waals surface area contributed by atoms with E-state index in [-0.39, 0.29) is 11.9 Å². The first kappa shape index (κ1) is 13.5. The lowest BCUT2D eigenvalue weighted by molar-refractivity contribution is -0.129. The molecule has 1 aliphatic rings. The average Bonchev–Trinajstić information content (AvgIpc) is 2.59. The van der Waals surface area contributed by atoms with Gasteiger partial charge in [-0.25, -0.2) is 0 Å². The van der Waals surface area contributed by atoms with Gasteiger partial charge in [0.1, 0.15) is 0 Å². The van der Waals surface area contributed by atoms with E-state index in [1.54, 1.807) is 0 Å². The summed E-state index contributed by atoms with van der Waals surface area (Å²) in [6.07, 6.45) is 3.24. The summed E-state index contributed by atoms with van der Waals surface area (Å²) in [4.78, 5) is 13.6. The lowest BCUT2D eigenvalue weighted by Gasteiger charge is -2.15. The van der Waals surface area contributed by atoms with Crippen molar-refractivity contribution in [1.82, 2.24) is 10.2 Å². The van der Waals surface area contributed by atoms with E-state index < -0.39 is 0 Å². The van der Waals surface area contributed by atoms with Gasteiger partial charge >= 0.3 is 0 Å². The van der Waals surface area contributed by atoms with Gasteiger partial charge in [0.25, 0.3) is 0 Å². The third-order valence-electron chi connectivity index (χ3n) is 2.82. The Labute approximate surface area is 98.3 Å². The van der Waals surface area contributed by atoms with E-state index in [1.807, 2.05) is 25.7 Å². The van der Waals surface area contributed by atoms with Crippen LogP contribution >= 0.6 is 0 Å². The standard InChI is InChI=1S/C12H24N2O2/c1-4-11-12(15)14(9-13-11)7-5-6-8-16-10(2)3/h10-11,13H,4-9H2,1-3H3. The van der Waals surface area contributed by atoms with Gasteiger partial charge in [0.2, 0.25) is 5.91 Å². The molecule has 1 heterocycles. The van der Waals surface area contributed by atoms with Crippen molar-refractivity contribution in [2.75, 3.05) is 19.8 Å². The summed E-state index contributed by atoms with van der Waals surface area (Å²) in [5.74, 6) is 0.257. The molecule has 16 heavy (non-hydrogen) atoms. The average molecular weight is 228 g/mol. The molecule has 0 radical (unpaired) electrons. The van der Waals surface area contributed by atoms with Gasteiger partial charge < -0.3 is 9.64 Å². The Hall–Kier alpha value is -0.610. The predicted molar refractivity (Wildman–Crippen MR) is 64.1 cm³/mol. The Morgan fingerprint density at radius 3 is 2.81 bits per heavy atom. The smallest absolute Gasteiger partial charge is 0.240 e. The molecule has 4 heteroatoms. The van der Waals surface area contributed by atoms with Crippen LogP contribution in [0.15, 0.2) is 0 Å². The summed E-state index contributed by atoms with van der Waals surface area (Å²) in [6, 6.07) is 0.0481. The van der Waals surface area contributed by atoms with Gasteiger partial charge in [0.05, 0.1) is 18.8 Å². The topological polar surface area (TPSA) is 41.6 Å². The Balaban J connectivity index is 2.08. The van der Waals surface area contributed by atoms with Crippen LogP contribution in [0.25, 0.3) is 0 Å². The van der Waals surface area contributed by atoms with Gasteiger partial charge in [0, 0.05) is 13.2 Å². The van der Waals surface area contributed by atoms with Crippen LogP contribution < -0.4 is 5.32 Å². The van der Waals surface area contributed by atoms with E-state index in [2.05, 4.69) is 5.32 Å². The monoisotopic (exact) mass is 228 g/mol. The Morgan fingerprint density at radius 1 is 1.50 bits per heavy atom. The lowest BCUT2D eigenvalue weighted by atomic mass is 10.2. The summed E-state index contributed by atoms with van der Waals surface area (Å²) in [7, 11) is 0. The van der Waals surface area contributed by atoms with Gasteiger partial charge in [-0.1, -0.05) is 6.92 Å². The number of carbonyl (C=O) groups excluding carboxylic acids is 1. The molecule has 1 rings (SSSR count). The quantitative estimate of drug-likeness (QED) is 0.669. The molecule has 1 amide bonds. The molecule has 0 aromatic heterocycles. The minimum Gasteiger partial charge on any atom is -0.379 e. The van der Waals surface area contributed by atoms with Crippen LogP contribution in [0.5, 0.6) is 0 Å². The second-order valence-electron chi connectivity index (χ2n) is 4.55. The maximum atomic E-state index is 11.7. The highest BCUT2D eigenvalue weighted by Gasteiger charge is 2.28. The number of rotatable bonds is 7. The van der Waals surface area contributed by atoms with Crippen molar-refractivity contribution in [3.8, 4) is 0 Å². The molecule has 0 bridgehead atoms. The molecule has 1 saturated heterocycles. The van der Waals surface area contributed by atoms with Crippen LogP contribution in [0.4, 0.5) is 0 Å². The zero-order valence-electron chi connectivity index (χ0n) is 10.7. The summed E-state index contributed by atoms with van der Waals surface area (Å²) in [6.45, 7) is 8.48. The van der Waals surface area contributed by atoms with Gasteiger partial charge in [0.15, 0.2) is 0 Å². The highest BCUT2D eigenvalue weighted by atomic mass is 16.5. The fraction of sp³-hybridized carbons (Fsp3) is 0.917. The summed E-state index contributed by atoms with van der Waals surface area (Å²) in [5, 5.41) is 3.21. The summed E-state index contributed by atoms with van der Waals surface area (Å²) < 4.78 is 5.46. The summed E-state index contributed by atoms with van der Waals surface area (Å²) in [5.41, 5.74) is 0. The van der Waals surface area contributed by atoms with Crippen molar-refractivity contribution in [1.29, 1.82) is 0 Å². The molecule has 0 aromatic carbocycles. The van der Waals surface area contributed by atoms with Crippen LogP contribution in [0.1, 0.15) is 40.0 Å². The highest BCUT2D eigenvalue weighted by Crippen LogP contribution is 2.07. The summed E-state index contributed by atoms with van der Waals surface area (Å²) >= 11 is 0. The van der Waals surface area contributed by atoms with Crippen LogP contribution in [-0.2, 0) is 9.53 Å². The molecule has 0 aliphatic carbocycles. The van der Waals surface area contributed by atoms with Gasteiger partial charge in [-0.05, 0) is 33.1 Å². The van der Waals surface area contributed by atoms with Gasteiger partial charge in [-0.15, -0.1) is 0 Å². The normalized spacial score (nSPS) is 21.1. The highest BCUT2D eigenvalue weighted by molar-refractivity contribution is 5.83. The largest absolute Gasteiger partial charge is 0.379 e. The Morgan fingerprint density at radius 2 is 2.25 bits per heavy atom. The van der Waals surface area contributed by atoms with Crippen LogP contribution in [-0.4, -0.2) is 42.8 Å². The van der Waals surface area contributed by atoms with Crippen LogP contribution in [0.2, 0.25) is 0 Å². The first-order chi connectivity index (χ1) is 7.65. The molecule has 0 saturated carbocycles. The minimum atomic E-state index is 0.0481. The fourth-order valence-corrected chi connectivity index (χ4v) is 1.84. The Bertz CT molecular complexity index is 219. The van der Waals surface area contributed by atoms with E-state index in [9.17, 15) is 4.79 Å². The molecule has 1 aliphatic heterocycles. The minimum absolute atomic E-state index is 0.0481. The van der Waals surface area contributed by atoms with Crippen LogP contribution in [0.3, 0.4) is 0 Å². The number of ether oxygens (including phenoxy) is 1. The van der Waals surface area contributed by atoms with E-state index >= 15 is 0 Å². The van der Waals surface area contributed by atoms with E-state index in [4.69, 9.17) is 4.74 Å². The zero-order valence-corrected chi connectivity index (χ0v) is 10.7. The van der Waals surface area contributed by atoms with Crippen molar-refractivity contribution in [3.05, 3.63) is 0 Å². The maximum Gasteiger partial charge on any atom is 0.240 e. The first-order valence-electron chi connectivity index (χ1n) is 6.29. The van der Waals surface area contributed by atoms with E-state index in [0.717, 1.165) is 32.4 Å². The van der Waals surface area contributed by atoms with E-state index in [0.29, 0.717) is 12.8 Å². The Kier molecular flexibility index (Phi) is 5.77. The van der Waals surface area contributed by atoms with E-state index in [1.165, 1.54) is 0 Å². The molecule has 1 unspecified atom stereocenters. The van der Waals surface area contributed by atoms with Crippen LogP contribution in [0, 0.1) is 0 Å². The predicted octanol–water partition coefficient (Wildman–Crippen LogP) is 1.36. The molecule has 1 atom stereocenters. The van der Waals surface area contributed by atoms with Crippen molar-refractivity contribution >= 4 is 5.91 Å².